The molecule has 7 aromatic rings. The van der Waals surface area contributed by atoms with E-state index in [0.29, 0.717) is 34.2 Å². The lowest BCUT2D eigenvalue weighted by Gasteiger charge is -2.32. The van der Waals surface area contributed by atoms with Gasteiger partial charge in [-0.2, -0.15) is 19.2 Å². The van der Waals surface area contributed by atoms with Gasteiger partial charge >= 0.3 is 5.69 Å². The molecule has 2 saturated carbocycles. The highest BCUT2D eigenvalue weighted by molar-refractivity contribution is 5.85. The molecule has 4 aliphatic rings. The van der Waals surface area contributed by atoms with E-state index in [1.54, 1.807) is 27.5 Å². The zero-order valence-electron chi connectivity index (χ0n) is 36.3. The Kier molecular flexibility index (Phi) is 11.6. The molecule has 2 saturated heterocycles. The number of nitrogens with one attached hydrogen (secondary N) is 3. The monoisotopic (exact) mass is 862 g/mol. The number of piperazine rings is 2. The number of aromatic nitrogens is 8. The number of carbonyl (C=O) groups excluding carboxylic acids is 1. The second-order valence-corrected chi connectivity index (χ2v) is 17.6. The molecule has 0 unspecified atom stereocenters. The van der Waals surface area contributed by atoms with Gasteiger partial charge in [0.1, 0.15) is 11.5 Å². The summed E-state index contributed by atoms with van der Waals surface area (Å²) in [5.74, 6) is 0.676. The number of likely N-dealkylation sites (N-methyl/N-ethyl adjacent to an activating group) is 2. The molecular formula is C47H54N14O3. The first-order chi connectivity index (χ1) is 31.2. The number of rotatable bonds is 11. The number of aromatic hydroxyl groups is 1. The van der Waals surface area contributed by atoms with Gasteiger partial charge in [0.05, 0.1) is 35.4 Å². The first-order valence-corrected chi connectivity index (χ1v) is 22.3. The minimum Gasteiger partial charge on any atom is -0.493 e. The van der Waals surface area contributed by atoms with Crippen LogP contribution in [0.2, 0.25) is 0 Å². The molecule has 7 heterocycles. The number of H-pyrrole nitrogens is 2. The highest BCUT2D eigenvalue weighted by Crippen LogP contribution is 2.29. The van der Waals surface area contributed by atoms with Crippen molar-refractivity contribution in [2.45, 2.75) is 50.9 Å². The standard InChI is InChI=1S/C25H28N8O2.C22H26N6O/c1-31-7-9-32(10-8-31)15-16-3-2-4-17(11-16)20-13-22(27-19-5-6-19)33-23(28-20)18(14-26-33)12-21-24(34)30-25(35)29-21;1-26-7-9-27(10-8-26)14-16-3-2-4-17(11-16)20-12-21(24-19-5-6-19)28-22(25-20)18(15-29)13-23-28/h2-4,11-14,19,34H,5-10,15H2,1H3,(H2,29,30,35);2-4,11-13,15,19,24H,5-10,14H2,1H3. The van der Waals surface area contributed by atoms with Crippen LogP contribution >= 0.6 is 0 Å². The van der Waals surface area contributed by atoms with Crippen LogP contribution in [0.5, 0.6) is 5.88 Å². The Balaban J connectivity index is 0.000000154. The Morgan fingerprint density at radius 3 is 1.94 bits per heavy atom. The Hall–Kier alpha value is -6.53. The van der Waals surface area contributed by atoms with Crippen molar-refractivity contribution in [1.29, 1.82) is 0 Å². The van der Waals surface area contributed by atoms with Gasteiger partial charge in [0.15, 0.2) is 23.1 Å². The fourth-order valence-corrected chi connectivity index (χ4v) is 8.28. The number of aldehydes is 1. The Bertz CT molecular complexity index is 2980. The Morgan fingerprint density at radius 2 is 1.36 bits per heavy atom. The lowest BCUT2D eigenvalue weighted by atomic mass is 10.1. The predicted molar refractivity (Wildman–Crippen MR) is 245 cm³/mol. The minimum absolute atomic E-state index is 0.218. The van der Waals surface area contributed by atoms with Crippen molar-refractivity contribution in [3.63, 3.8) is 0 Å². The third-order valence-electron chi connectivity index (χ3n) is 12.4. The summed E-state index contributed by atoms with van der Waals surface area (Å²) in [7, 11) is 4.35. The maximum atomic E-state index is 11.6. The number of imidazole rings is 1. The number of aromatic amines is 2. The fourth-order valence-electron chi connectivity index (χ4n) is 8.28. The largest absolute Gasteiger partial charge is 0.493 e. The number of nitrogens with zero attached hydrogens (tertiary/aromatic N) is 11. The van der Waals surface area contributed by atoms with Gasteiger partial charge in [-0.25, -0.2) is 14.8 Å². The molecular weight excluding hydrogens is 809 g/mol. The summed E-state index contributed by atoms with van der Waals surface area (Å²) in [4.78, 5) is 52.2. The van der Waals surface area contributed by atoms with Crippen LogP contribution in [0.1, 0.15) is 52.9 Å². The molecule has 0 amide bonds. The zero-order chi connectivity index (χ0) is 43.7. The number of fused-ring (bicyclic) bond motifs is 2. The van der Waals surface area contributed by atoms with Crippen LogP contribution in [0.3, 0.4) is 0 Å². The number of hydrogen-bond acceptors (Lipinski definition) is 13. The van der Waals surface area contributed by atoms with Crippen LogP contribution < -0.4 is 21.7 Å². The predicted octanol–water partition coefficient (Wildman–Crippen LogP) is 3.01. The molecule has 0 radical (unpaired) electrons. The van der Waals surface area contributed by atoms with Crippen molar-refractivity contribution in [1.82, 2.24) is 58.8 Å². The Morgan fingerprint density at radius 1 is 0.750 bits per heavy atom. The van der Waals surface area contributed by atoms with Gasteiger partial charge in [-0.1, -0.05) is 36.4 Å². The smallest absolute Gasteiger partial charge is 0.326 e. The van der Waals surface area contributed by atoms with Gasteiger partial charge in [0, 0.05) is 100.0 Å². The topological polar surface area (TPSA) is 184 Å². The zero-order valence-corrected chi connectivity index (χ0v) is 36.3. The van der Waals surface area contributed by atoms with E-state index in [1.807, 2.05) is 12.1 Å². The molecule has 0 bridgehead atoms. The molecule has 2 aromatic carbocycles. The van der Waals surface area contributed by atoms with E-state index in [1.165, 1.54) is 24.0 Å². The van der Waals surface area contributed by atoms with Crippen molar-refractivity contribution in [3.05, 3.63) is 117 Å². The average molecular weight is 863 g/mol. The van der Waals surface area contributed by atoms with E-state index < -0.39 is 5.69 Å². The molecule has 2 aliphatic heterocycles. The first kappa shape index (κ1) is 41.5. The summed E-state index contributed by atoms with van der Waals surface area (Å²) in [6, 6.07) is 21.9. The molecule has 17 nitrogen and oxygen atoms in total. The van der Waals surface area contributed by atoms with E-state index in [-0.39, 0.29) is 11.6 Å². The van der Waals surface area contributed by atoms with Crippen molar-refractivity contribution in [2.75, 3.05) is 71.8 Å². The van der Waals surface area contributed by atoms with Crippen LogP contribution in [0.15, 0.2) is 82.8 Å². The lowest BCUT2D eigenvalue weighted by Crippen LogP contribution is -2.43. The Labute approximate surface area is 369 Å². The molecule has 17 heteroatoms. The van der Waals surface area contributed by atoms with Gasteiger partial charge in [0.2, 0.25) is 5.88 Å². The number of anilines is 1. The maximum Gasteiger partial charge on any atom is 0.326 e. The third-order valence-corrected chi connectivity index (χ3v) is 12.4. The second kappa shape index (κ2) is 17.9. The molecule has 2 aliphatic carbocycles. The van der Waals surface area contributed by atoms with Gasteiger partial charge in [-0.05, 0) is 69.1 Å². The molecule has 4 fully saturated rings. The number of hydrogen-bond donors (Lipinski definition) is 4. The number of carbonyl (C=O) groups is 1. The van der Waals surface area contributed by atoms with E-state index >= 15 is 0 Å². The van der Waals surface area contributed by atoms with Gasteiger partial charge < -0.3 is 25.2 Å². The maximum absolute atomic E-state index is 11.6. The first-order valence-electron chi connectivity index (χ1n) is 22.3. The van der Waals surface area contributed by atoms with Gasteiger partial charge in [0.25, 0.3) is 0 Å². The van der Waals surface area contributed by atoms with E-state index in [9.17, 15) is 14.7 Å². The van der Waals surface area contributed by atoms with E-state index in [0.717, 1.165) is 118 Å². The van der Waals surface area contributed by atoms with Crippen molar-refractivity contribution in [2.24, 2.45) is 4.99 Å². The van der Waals surface area contributed by atoms with Gasteiger partial charge in [-0.15, -0.1) is 0 Å². The summed E-state index contributed by atoms with van der Waals surface area (Å²) < 4.78 is 3.46. The molecule has 5 aromatic heterocycles. The summed E-state index contributed by atoms with van der Waals surface area (Å²) in [5.41, 5.74) is 8.61. The molecule has 330 valence electrons. The van der Waals surface area contributed by atoms with Crippen LogP contribution in [-0.4, -0.2) is 149 Å². The van der Waals surface area contributed by atoms with E-state index in [4.69, 9.17) is 15.0 Å². The fraction of sp³-hybridized carbons (Fsp3) is 0.383. The average Bonchev–Trinajstić information content (AvgIpc) is 4.20. The summed E-state index contributed by atoms with van der Waals surface area (Å²) in [6.07, 6.45) is 10.2. The molecule has 11 rings (SSSR count). The third kappa shape index (κ3) is 9.52. The quantitative estimate of drug-likeness (QED) is 0.140. The van der Waals surface area contributed by atoms with Crippen molar-refractivity contribution >= 4 is 29.5 Å². The van der Waals surface area contributed by atoms with Crippen molar-refractivity contribution in [3.8, 4) is 28.4 Å². The molecule has 4 N–H and O–H groups in total. The van der Waals surface area contributed by atoms with E-state index in [2.05, 4.69) is 108 Å². The van der Waals surface area contributed by atoms with Crippen LogP contribution in [0, 0.1) is 0 Å². The van der Waals surface area contributed by atoms with Crippen molar-refractivity contribution < 1.29 is 9.90 Å². The van der Waals surface area contributed by atoms with Crippen LogP contribution in [0.25, 0.3) is 39.9 Å². The minimum atomic E-state index is -0.472. The molecule has 64 heavy (non-hydrogen) atoms. The van der Waals surface area contributed by atoms with Gasteiger partial charge in [-0.3, -0.25) is 24.6 Å². The summed E-state index contributed by atoms with van der Waals surface area (Å²) in [6.45, 7) is 10.6. The summed E-state index contributed by atoms with van der Waals surface area (Å²) >= 11 is 0. The second-order valence-electron chi connectivity index (χ2n) is 17.6. The lowest BCUT2D eigenvalue weighted by molar-refractivity contribution is 0.112. The normalized spacial score (nSPS) is 18.5. The SMILES string of the molecule is CN1CCN(Cc2cccc(-c3cc(=NC4CC4)n4ncc(=Cc5[nH]c(=O)[nH]c5O)c4n3)c2)CC1.CN1CCN(Cc2cccc(-c3cc(NC4CC4)n4ncc(C=O)c4n3)c2)CC1. The highest BCUT2D eigenvalue weighted by atomic mass is 16.3. The number of benzene rings is 2. The molecule has 0 spiro atoms. The molecule has 0 atom stereocenters. The van der Waals surface area contributed by atoms with Crippen LogP contribution in [0.4, 0.5) is 5.82 Å². The van der Waals surface area contributed by atoms with Crippen LogP contribution in [-0.2, 0) is 13.1 Å². The summed E-state index contributed by atoms with van der Waals surface area (Å²) in [5, 5.41) is 23.1. The highest BCUT2D eigenvalue weighted by Gasteiger charge is 2.24.